The molecule has 0 aliphatic rings. The van der Waals surface area contributed by atoms with Crippen LogP contribution in [-0.4, -0.2) is 12.1 Å². The molecule has 2 rings (SSSR count). The Kier molecular flexibility index (Phi) is 1.28. The molecular formula is C8H6NO2. The Hall–Kier alpha value is -1.51. The zero-order valence-corrected chi connectivity index (χ0v) is 6.00. The summed E-state index contributed by atoms with van der Waals surface area (Å²) in [5, 5.41) is 0. The van der Waals surface area contributed by atoms with E-state index in [0.29, 0.717) is 0 Å². The van der Waals surface area contributed by atoms with E-state index in [0.717, 1.165) is 16.8 Å². The maximum absolute atomic E-state index is 5.00. The lowest BCUT2D eigenvalue weighted by atomic mass is 10.3. The van der Waals surface area contributed by atoms with Crippen molar-refractivity contribution in [3.8, 4) is 5.75 Å². The number of aromatic nitrogens is 1. The summed E-state index contributed by atoms with van der Waals surface area (Å²) in [6.45, 7) is 0. The van der Waals surface area contributed by atoms with Crippen LogP contribution in [-0.2, 0) is 0 Å². The third-order valence-corrected chi connectivity index (χ3v) is 1.49. The number of oxazole rings is 1. The van der Waals surface area contributed by atoms with E-state index >= 15 is 0 Å². The van der Waals surface area contributed by atoms with Gasteiger partial charge in [0.2, 0.25) is 0 Å². The first-order valence-corrected chi connectivity index (χ1v) is 3.21. The average Bonchev–Trinajstić information content (AvgIpc) is 2.50. The minimum Gasteiger partial charge on any atom is -0.497 e. The largest absolute Gasteiger partial charge is 0.497 e. The smallest absolute Gasteiger partial charge is 0.284 e. The standard InChI is InChI=1S/C8H6NO2/c1-10-6-2-3-8-7(4-6)9-5-11-8/h2-4H,1H3. The molecule has 3 heteroatoms. The first kappa shape index (κ1) is 6.22. The molecule has 0 spiro atoms. The molecule has 0 aliphatic heterocycles. The highest BCUT2D eigenvalue weighted by Gasteiger charge is 1.98. The monoisotopic (exact) mass is 148 g/mol. The third kappa shape index (κ3) is 0.941. The number of fused-ring (bicyclic) bond motifs is 1. The maximum atomic E-state index is 5.00. The Balaban J connectivity index is 2.67. The van der Waals surface area contributed by atoms with Gasteiger partial charge in [-0.05, 0) is 12.1 Å². The molecule has 3 nitrogen and oxygen atoms in total. The molecule has 1 radical (unpaired) electrons. The predicted octanol–water partition coefficient (Wildman–Crippen LogP) is 1.64. The molecule has 1 heterocycles. The molecule has 0 amide bonds. The van der Waals surface area contributed by atoms with Gasteiger partial charge in [-0.25, -0.2) is 4.98 Å². The summed E-state index contributed by atoms with van der Waals surface area (Å²) in [4.78, 5) is 3.86. The molecule has 1 aromatic heterocycles. The van der Waals surface area contributed by atoms with Gasteiger partial charge in [-0.1, -0.05) is 0 Å². The molecule has 11 heavy (non-hydrogen) atoms. The Labute approximate surface area is 63.6 Å². The molecule has 0 saturated carbocycles. The van der Waals surface area contributed by atoms with Crippen LogP contribution in [0.2, 0.25) is 0 Å². The van der Waals surface area contributed by atoms with Gasteiger partial charge in [-0.2, -0.15) is 0 Å². The van der Waals surface area contributed by atoms with E-state index < -0.39 is 0 Å². The van der Waals surface area contributed by atoms with E-state index in [1.54, 1.807) is 19.2 Å². The van der Waals surface area contributed by atoms with Crippen molar-refractivity contribution in [3.05, 3.63) is 24.6 Å². The van der Waals surface area contributed by atoms with Crippen molar-refractivity contribution in [2.75, 3.05) is 7.11 Å². The summed E-state index contributed by atoms with van der Waals surface area (Å²) in [6.07, 6.45) is 2.41. The van der Waals surface area contributed by atoms with Crippen LogP contribution in [0.25, 0.3) is 11.1 Å². The van der Waals surface area contributed by atoms with Crippen LogP contribution in [0.5, 0.6) is 5.75 Å². The summed E-state index contributed by atoms with van der Waals surface area (Å²) in [6, 6.07) is 5.42. The fourth-order valence-electron chi connectivity index (χ4n) is 0.919. The summed E-state index contributed by atoms with van der Waals surface area (Å²) in [7, 11) is 1.62. The SMILES string of the molecule is COc1ccc2o[c]nc2c1. The van der Waals surface area contributed by atoms with Crippen LogP contribution in [0.15, 0.2) is 22.6 Å². The van der Waals surface area contributed by atoms with E-state index in [2.05, 4.69) is 11.4 Å². The molecule has 0 unspecified atom stereocenters. The topological polar surface area (TPSA) is 35.3 Å². The number of benzene rings is 1. The first-order chi connectivity index (χ1) is 5.40. The Morgan fingerprint density at radius 1 is 1.55 bits per heavy atom. The first-order valence-electron chi connectivity index (χ1n) is 3.21. The van der Waals surface area contributed by atoms with Gasteiger partial charge in [0.05, 0.1) is 7.11 Å². The fourth-order valence-corrected chi connectivity index (χ4v) is 0.919. The van der Waals surface area contributed by atoms with Crippen LogP contribution in [0.1, 0.15) is 0 Å². The second-order valence-electron chi connectivity index (χ2n) is 2.14. The maximum Gasteiger partial charge on any atom is 0.284 e. The Morgan fingerprint density at radius 2 is 2.45 bits per heavy atom. The molecule has 0 aliphatic carbocycles. The van der Waals surface area contributed by atoms with Crippen molar-refractivity contribution in [2.24, 2.45) is 0 Å². The van der Waals surface area contributed by atoms with E-state index in [-0.39, 0.29) is 0 Å². The number of hydrogen-bond acceptors (Lipinski definition) is 3. The summed E-state index contributed by atoms with van der Waals surface area (Å²) >= 11 is 0. The number of hydrogen-bond donors (Lipinski definition) is 0. The van der Waals surface area contributed by atoms with Gasteiger partial charge >= 0.3 is 0 Å². The Morgan fingerprint density at radius 3 is 3.27 bits per heavy atom. The van der Waals surface area contributed by atoms with Gasteiger partial charge < -0.3 is 9.15 Å². The zero-order chi connectivity index (χ0) is 7.68. The van der Waals surface area contributed by atoms with Gasteiger partial charge in [0.1, 0.15) is 11.3 Å². The summed E-state index contributed by atoms with van der Waals surface area (Å²) in [5.41, 5.74) is 1.50. The van der Waals surface area contributed by atoms with Crippen molar-refractivity contribution in [1.82, 2.24) is 4.98 Å². The van der Waals surface area contributed by atoms with Crippen LogP contribution < -0.4 is 4.74 Å². The highest BCUT2D eigenvalue weighted by molar-refractivity contribution is 5.73. The molecule has 0 N–H and O–H groups in total. The predicted molar refractivity (Wildman–Crippen MR) is 39.4 cm³/mol. The van der Waals surface area contributed by atoms with Gasteiger partial charge in [-0.3, -0.25) is 0 Å². The fraction of sp³-hybridized carbons (Fsp3) is 0.125. The molecule has 2 aromatic rings. The number of methoxy groups -OCH3 is 1. The highest BCUT2D eigenvalue weighted by Crippen LogP contribution is 2.18. The molecule has 0 bridgehead atoms. The highest BCUT2D eigenvalue weighted by atomic mass is 16.5. The van der Waals surface area contributed by atoms with Crippen LogP contribution in [0.4, 0.5) is 0 Å². The second kappa shape index (κ2) is 2.27. The molecule has 0 atom stereocenters. The van der Waals surface area contributed by atoms with Crippen LogP contribution in [0.3, 0.4) is 0 Å². The minimum absolute atomic E-state index is 0.728. The van der Waals surface area contributed by atoms with E-state index in [1.807, 2.05) is 6.07 Å². The van der Waals surface area contributed by atoms with Gasteiger partial charge in [0, 0.05) is 6.07 Å². The lowest BCUT2D eigenvalue weighted by Crippen LogP contribution is -1.80. The van der Waals surface area contributed by atoms with E-state index in [4.69, 9.17) is 9.15 Å². The lowest BCUT2D eigenvalue weighted by molar-refractivity contribution is 0.415. The number of rotatable bonds is 1. The zero-order valence-electron chi connectivity index (χ0n) is 6.00. The van der Waals surface area contributed by atoms with Crippen LogP contribution in [0, 0.1) is 6.39 Å². The minimum atomic E-state index is 0.728. The van der Waals surface area contributed by atoms with E-state index in [1.165, 1.54) is 0 Å². The van der Waals surface area contributed by atoms with Crippen molar-refractivity contribution in [2.45, 2.75) is 0 Å². The van der Waals surface area contributed by atoms with E-state index in [9.17, 15) is 0 Å². The normalized spacial score (nSPS) is 10.3. The van der Waals surface area contributed by atoms with Gasteiger partial charge in [-0.15, -0.1) is 0 Å². The number of nitrogens with zero attached hydrogens (tertiary/aromatic N) is 1. The molecule has 0 saturated heterocycles. The van der Waals surface area contributed by atoms with Crippen molar-refractivity contribution < 1.29 is 9.15 Å². The quantitative estimate of drug-likeness (QED) is 0.616. The van der Waals surface area contributed by atoms with Gasteiger partial charge in [0.25, 0.3) is 6.39 Å². The molecule has 0 fully saturated rings. The van der Waals surface area contributed by atoms with Crippen LogP contribution >= 0.6 is 0 Å². The van der Waals surface area contributed by atoms with Crippen molar-refractivity contribution in [3.63, 3.8) is 0 Å². The third-order valence-electron chi connectivity index (χ3n) is 1.49. The molecule has 1 aromatic carbocycles. The van der Waals surface area contributed by atoms with Crippen molar-refractivity contribution >= 4 is 11.1 Å². The summed E-state index contributed by atoms with van der Waals surface area (Å²) < 4.78 is 9.92. The molecule has 55 valence electrons. The summed E-state index contributed by atoms with van der Waals surface area (Å²) in [5.74, 6) is 0.778. The Bertz CT molecular complexity index is 367. The lowest BCUT2D eigenvalue weighted by Gasteiger charge is -1.95. The van der Waals surface area contributed by atoms with Gasteiger partial charge in [0.15, 0.2) is 5.58 Å². The number of ether oxygens (including phenoxy) is 1. The van der Waals surface area contributed by atoms with Crippen molar-refractivity contribution in [1.29, 1.82) is 0 Å². The average molecular weight is 148 g/mol. The second-order valence-corrected chi connectivity index (χ2v) is 2.14. The molecular weight excluding hydrogens is 142 g/mol.